The number of aromatic nitrogens is 3. The summed E-state index contributed by atoms with van der Waals surface area (Å²) in [6.07, 6.45) is 3.66. The van der Waals surface area contributed by atoms with Crippen LogP contribution in [0.15, 0.2) is 39.4 Å². The Hall–Kier alpha value is -2.18. The molecule has 0 aliphatic rings. The van der Waals surface area contributed by atoms with Crippen LogP contribution in [0.4, 0.5) is 0 Å². The summed E-state index contributed by atoms with van der Waals surface area (Å²) >= 11 is 5.89. The molecule has 0 amide bonds. The second kappa shape index (κ2) is 7.59. The van der Waals surface area contributed by atoms with Gasteiger partial charge < -0.3 is 14.3 Å². The molecule has 3 aromatic rings. The maximum absolute atomic E-state index is 5.89. The molecule has 0 aliphatic heterocycles. The van der Waals surface area contributed by atoms with Gasteiger partial charge in [0.2, 0.25) is 5.89 Å². The molecule has 2 aromatic heterocycles. The number of likely N-dealkylation sites (N-methyl/N-ethyl adjacent to an activating group) is 1. The second-order valence-corrected chi connectivity index (χ2v) is 6.06. The van der Waals surface area contributed by atoms with Crippen LogP contribution in [0.5, 0.6) is 0 Å². The predicted octanol–water partition coefficient (Wildman–Crippen LogP) is 3.31. The third kappa shape index (κ3) is 4.21. The highest BCUT2D eigenvalue weighted by molar-refractivity contribution is 6.30. The molecule has 1 atom stereocenters. The van der Waals surface area contributed by atoms with E-state index in [0.717, 1.165) is 17.7 Å². The Labute approximate surface area is 145 Å². The molecule has 126 valence electrons. The van der Waals surface area contributed by atoms with Crippen molar-refractivity contribution in [1.82, 2.24) is 20.4 Å². The monoisotopic (exact) mass is 346 g/mol. The molecule has 2 heterocycles. The topological polar surface area (TPSA) is 77.0 Å². The molecule has 24 heavy (non-hydrogen) atoms. The largest absolute Gasteiger partial charge is 0.441 e. The number of oxazole rings is 1. The predicted molar refractivity (Wildman–Crippen MR) is 90.9 cm³/mol. The molecular weight excluding hydrogens is 328 g/mol. The van der Waals surface area contributed by atoms with Gasteiger partial charge in [-0.25, -0.2) is 4.98 Å². The summed E-state index contributed by atoms with van der Waals surface area (Å²) in [5.74, 6) is 2.67. The summed E-state index contributed by atoms with van der Waals surface area (Å²) in [6, 6.07) is 7.76. The van der Waals surface area contributed by atoms with Crippen molar-refractivity contribution in [2.24, 2.45) is 0 Å². The zero-order valence-electron chi connectivity index (χ0n) is 13.6. The van der Waals surface area contributed by atoms with E-state index >= 15 is 0 Å². The van der Waals surface area contributed by atoms with Crippen LogP contribution in [-0.4, -0.2) is 28.2 Å². The van der Waals surface area contributed by atoms with Gasteiger partial charge in [0.15, 0.2) is 17.5 Å². The number of nitrogens with zero attached hydrogens (tertiary/aromatic N) is 3. The Morgan fingerprint density at radius 1 is 1.17 bits per heavy atom. The molecule has 6 nitrogen and oxygen atoms in total. The number of nitrogens with one attached hydrogen (secondary N) is 1. The molecule has 0 radical (unpaired) electrons. The molecule has 1 unspecified atom stereocenters. The van der Waals surface area contributed by atoms with E-state index in [0.29, 0.717) is 41.5 Å². The second-order valence-electron chi connectivity index (χ2n) is 5.62. The lowest BCUT2D eigenvalue weighted by molar-refractivity contribution is 0.366. The SMILES string of the molecule is CNC(C)Cc1noc(CCc2ncc(-c3ccc(Cl)cc3)o2)n1. The van der Waals surface area contributed by atoms with Gasteiger partial charge in [0, 0.05) is 35.9 Å². The van der Waals surface area contributed by atoms with Gasteiger partial charge in [-0.15, -0.1) is 0 Å². The Kier molecular flexibility index (Phi) is 5.27. The van der Waals surface area contributed by atoms with Gasteiger partial charge in [-0.1, -0.05) is 16.8 Å². The minimum absolute atomic E-state index is 0.309. The fourth-order valence-electron chi connectivity index (χ4n) is 2.24. The van der Waals surface area contributed by atoms with Gasteiger partial charge >= 0.3 is 0 Å². The van der Waals surface area contributed by atoms with Crippen molar-refractivity contribution in [1.29, 1.82) is 0 Å². The van der Waals surface area contributed by atoms with E-state index in [-0.39, 0.29) is 0 Å². The highest BCUT2D eigenvalue weighted by Gasteiger charge is 2.12. The Balaban J connectivity index is 1.58. The fraction of sp³-hybridized carbons (Fsp3) is 0.353. The quantitative estimate of drug-likeness (QED) is 0.707. The van der Waals surface area contributed by atoms with Gasteiger partial charge in [0.05, 0.1) is 6.20 Å². The zero-order chi connectivity index (χ0) is 16.9. The van der Waals surface area contributed by atoms with E-state index in [9.17, 15) is 0 Å². The van der Waals surface area contributed by atoms with E-state index in [2.05, 4.69) is 27.4 Å². The van der Waals surface area contributed by atoms with Crippen LogP contribution in [0.3, 0.4) is 0 Å². The zero-order valence-corrected chi connectivity index (χ0v) is 14.4. The van der Waals surface area contributed by atoms with Gasteiger partial charge in [-0.2, -0.15) is 4.98 Å². The number of hydrogen-bond donors (Lipinski definition) is 1. The number of hydrogen-bond acceptors (Lipinski definition) is 6. The molecule has 0 spiro atoms. The highest BCUT2D eigenvalue weighted by atomic mass is 35.5. The van der Waals surface area contributed by atoms with E-state index in [1.165, 1.54) is 0 Å². The van der Waals surface area contributed by atoms with Crippen molar-refractivity contribution < 1.29 is 8.94 Å². The van der Waals surface area contributed by atoms with Crippen LogP contribution >= 0.6 is 11.6 Å². The standard InChI is InChI=1S/C17H19ClN4O2/c1-11(19-2)9-15-21-17(24-22-15)8-7-16-20-10-14(23-16)12-3-5-13(18)6-4-12/h3-6,10-11,19H,7-9H2,1-2H3. The lowest BCUT2D eigenvalue weighted by Crippen LogP contribution is -2.24. The summed E-state index contributed by atoms with van der Waals surface area (Å²) in [4.78, 5) is 8.69. The van der Waals surface area contributed by atoms with Crippen LogP contribution < -0.4 is 5.32 Å². The lowest BCUT2D eigenvalue weighted by Gasteiger charge is -2.04. The first-order valence-electron chi connectivity index (χ1n) is 7.83. The van der Waals surface area contributed by atoms with Crippen molar-refractivity contribution in [2.45, 2.75) is 32.2 Å². The maximum atomic E-state index is 5.89. The van der Waals surface area contributed by atoms with E-state index in [1.807, 2.05) is 31.3 Å². The highest BCUT2D eigenvalue weighted by Crippen LogP contribution is 2.22. The third-order valence-electron chi connectivity index (χ3n) is 3.73. The number of rotatable bonds is 7. The molecule has 0 bridgehead atoms. The summed E-state index contributed by atoms with van der Waals surface area (Å²) in [7, 11) is 1.91. The minimum atomic E-state index is 0.309. The normalized spacial score (nSPS) is 12.5. The molecule has 0 aliphatic carbocycles. The average molecular weight is 347 g/mol. The first-order valence-corrected chi connectivity index (χ1v) is 8.21. The van der Waals surface area contributed by atoms with Crippen LogP contribution in [0.1, 0.15) is 24.5 Å². The maximum Gasteiger partial charge on any atom is 0.227 e. The van der Waals surface area contributed by atoms with Crippen molar-refractivity contribution in [2.75, 3.05) is 7.05 Å². The Morgan fingerprint density at radius 3 is 2.67 bits per heavy atom. The van der Waals surface area contributed by atoms with Crippen LogP contribution in [0, 0.1) is 0 Å². The Morgan fingerprint density at radius 2 is 1.92 bits per heavy atom. The number of benzene rings is 1. The molecule has 0 saturated heterocycles. The van der Waals surface area contributed by atoms with Crippen LogP contribution in [0.2, 0.25) is 5.02 Å². The van der Waals surface area contributed by atoms with Gasteiger partial charge in [0.25, 0.3) is 0 Å². The van der Waals surface area contributed by atoms with Crippen molar-refractivity contribution >= 4 is 11.6 Å². The fourth-order valence-corrected chi connectivity index (χ4v) is 2.36. The minimum Gasteiger partial charge on any atom is -0.441 e. The lowest BCUT2D eigenvalue weighted by atomic mass is 10.2. The first-order chi connectivity index (χ1) is 11.6. The molecule has 1 aromatic carbocycles. The van der Waals surface area contributed by atoms with Crippen LogP contribution in [-0.2, 0) is 19.3 Å². The van der Waals surface area contributed by atoms with Crippen molar-refractivity contribution in [3.8, 4) is 11.3 Å². The summed E-state index contributed by atoms with van der Waals surface area (Å²) in [6.45, 7) is 2.07. The molecule has 3 rings (SSSR count). The molecule has 0 fully saturated rings. The Bertz CT molecular complexity index is 782. The number of halogens is 1. The smallest absolute Gasteiger partial charge is 0.227 e. The van der Waals surface area contributed by atoms with Crippen molar-refractivity contribution in [3.05, 3.63) is 53.1 Å². The van der Waals surface area contributed by atoms with Crippen LogP contribution in [0.25, 0.3) is 11.3 Å². The van der Waals surface area contributed by atoms with E-state index < -0.39 is 0 Å². The summed E-state index contributed by atoms with van der Waals surface area (Å²) < 4.78 is 11.0. The molecular formula is C17H19ClN4O2. The van der Waals surface area contributed by atoms with Gasteiger partial charge in [-0.3, -0.25) is 0 Å². The van der Waals surface area contributed by atoms with E-state index in [4.69, 9.17) is 20.5 Å². The van der Waals surface area contributed by atoms with Gasteiger partial charge in [-0.05, 0) is 38.2 Å². The average Bonchev–Trinajstić information content (AvgIpc) is 3.23. The van der Waals surface area contributed by atoms with Crippen molar-refractivity contribution in [3.63, 3.8) is 0 Å². The summed E-state index contributed by atoms with van der Waals surface area (Å²) in [5.41, 5.74) is 0.944. The molecule has 1 N–H and O–H groups in total. The molecule has 7 heteroatoms. The van der Waals surface area contributed by atoms with Gasteiger partial charge in [0.1, 0.15) is 0 Å². The first kappa shape index (κ1) is 16.7. The summed E-state index contributed by atoms with van der Waals surface area (Å²) in [5, 5.41) is 7.83. The number of aryl methyl sites for hydroxylation is 2. The third-order valence-corrected chi connectivity index (χ3v) is 3.98. The molecule has 0 saturated carbocycles. The van der Waals surface area contributed by atoms with E-state index in [1.54, 1.807) is 6.20 Å².